The van der Waals surface area contributed by atoms with Crippen molar-refractivity contribution in [2.24, 2.45) is 28.6 Å². The maximum Gasteiger partial charge on any atom is 0.207 e. The number of amides is 1. The lowest BCUT2D eigenvalue weighted by Gasteiger charge is -2.43. The van der Waals surface area contributed by atoms with E-state index in [1.165, 1.54) is 53.9 Å². The van der Waals surface area contributed by atoms with Crippen LogP contribution >= 0.6 is 12.0 Å². The number of nitrogens with one attached hydrogen (secondary N) is 1. The predicted octanol–water partition coefficient (Wildman–Crippen LogP) is 4.71. The lowest BCUT2D eigenvalue weighted by Crippen LogP contribution is -2.47. The highest BCUT2D eigenvalue weighted by atomic mass is 32.2. The van der Waals surface area contributed by atoms with E-state index in [0.717, 1.165) is 58.1 Å². The molecule has 40 heavy (non-hydrogen) atoms. The average Bonchev–Trinajstić information content (AvgIpc) is 3.33. The smallest absolute Gasteiger partial charge is 0.207 e. The number of carbonyl (C=O) groups excluding carboxylic acids is 1. The zero-order valence-electron chi connectivity index (χ0n) is 24.4. The average molecular weight is 573 g/mol. The van der Waals surface area contributed by atoms with E-state index in [4.69, 9.17) is 14.3 Å². The number of hydrogen-bond donors (Lipinski definition) is 2. The molecule has 7 aliphatic rings. The molecular weight excluding hydrogens is 526 g/mol. The van der Waals surface area contributed by atoms with Crippen molar-refractivity contribution >= 4 is 24.2 Å². The summed E-state index contributed by atoms with van der Waals surface area (Å²) in [7, 11) is 0. The van der Waals surface area contributed by atoms with Crippen LogP contribution in [0.2, 0.25) is 0 Å². The molecule has 5 heterocycles. The minimum Gasteiger partial charge on any atom is -0.371 e. The van der Waals surface area contributed by atoms with Gasteiger partial charge in [-0.25, -0.2) is 9.83 Å². The van der Waals surface area contributed by atoms with Gasteiger partial charge < -0.3 is 15.0 Å². The van der Waals surface area contributed by atoms with Crippen molar-refractivity contribution < 1.29 is 28.7 Å². The third kappa shape index (κ3) is 4.08. The molecule has 7 rings (SSSR count). The molecule has 0 radical (unpaired) electrons. The zero-order valence-corrected chi connectivity index (χ0v) is 25.3. The molecule has 5 aliphatic heterocycles. The predicted molar refractivity (Wildman–Crippen MR) is 153 cm³/mol. The van der Waals surface area contributed by atoms with Crippen molar-refractivity contribution in [1.82, 2.24) is 10.2 Å². The molecule has 0 bridgehead atoms. The van der Waals surface area contributed by atoms with Crippen LogP contribution < -0.4 is 5.32 Å². The molecule has 8 atom stereocenters. The first-order chi connectivity index (χ1) is 19.3. The molecule has 220 valence electrons. The summed E-state index contributed by atoms with van der Waals surface area (Å²) in [6.45, 7) is 12.8. The Morgan fingerprint density at radius 2 is 1.95 bits per heavy atom. The Labute approximate surface area is 242 Å². The van der Waals surface area contributed by atoms with Gasteiger partial charge in [0.15, 0.2) is 11.8 Å². The highest BCUT2D eigenvalue weighted by Crippen LogP contribution is 2.58. The number of hydrogen-bond acceptors (Lipinski definition) is 7. The monoisotopic (exact) mass is 572 g/mol. The molecule has 8 nitrogen and oxygen atoms in total. The van der Waals surface area contributed by atoms with Gasteiger partial charge in [-0.3, -0.25) is 4.79 Å². The molecule has 0 aromatic rings. The molecule has 0 spiro atoms. The van der Waals surface area contributed by atoms with E-state index in [1.807, 2.05) is 0 Å². The van der Waals surface area contributed by atoms with E-state index < -0.39 is 0 Å². The second kappa shape index (κ2) is 10.1. The first kappa shape index (κ1) is 27.4. The molecule has 2 saturated carbocycles. The van der Waals surface area contributed by atoms with Gasteiger partial charge in [0.05, 0.1) is 17.6 Å². The minimum atomic E-state index is 0.0439. The van der Waals surface area contributed by atoms with Gasteiger partial charge in [-0.2, -0.15) is 0 Å². The van der Waals surface area contributed by atoms with E-state index >= 15 is 0 Å². The molecule has 9 heteroatoms. The van der Waals surface area contributed by atoms with Gasteiger partial charge in [0.2, 0.25) is 6.41 Å². The summed E-state index contributed by atoms with van der Waals surface area (Å²) in [5.74, 6) is 1.72. The lowest BCUT2D eigenvalue weighted by atomic mass is 9.66. The number of allylic oxidation sites excluding steroid dienone is 1. The van der Waals surface area contributed by atoms with Crippen LogP contribution in [0.4, 0.5) is 0 Å². The molecule has 2 N–H and O–H groups in total. The van der Waals surface area contributed by atoms with Gasteiger partial charge in [0.25, 0.3) is 0 Å². The van der Waals surface area contributed by atoms with Crippen LogP contribution in [-0.4, -0.2) is 76.0 Å². The van der Waals surface area contributed by atoms with Crippen molar-refractivity contribution in [3.63, 3.8) is 0 Å². The molecule has 3 fully saturated rings. The number of rotatable bonds is 6. The summed E-state index contributed by atoms with van der Waals surface area (Å²) >= 11 is 1.27. The van der Waals surface area contributed by atoms with E-state index in [1.54, 1.807) is 0 Å². The number of ether oxygens (including phenoxy) is 1. The molecule has 1 amide bonds. The molecule has 2 aliphatic carbocycles. The molecule has 8 unspecified atom stereocenters. The van der Waals surface area contributed by atoms with Crippen molar-refractivity contribution in [1.29, 1.82) is 0 Å². The molecule has 0 aromatic heterocycles. The van der Waals surface area contributed by atoms with E-state index in [2.05, 4.69) is 53.6 Å². The fraction of sp³-hybridized carbons (Fsp3) is 0.806. The maximum atomic E-state index is 11.0. The van der Waals surface area contributed by atoms with Crippen molar-refractivity contribution in [3.05, 3.63) is 22.9 Å². The number of carbonyl (C=O) groups is 1. The molecule has 0 aromatic carbocycles. The van der Waals surface area contributed by atoms with Crippen molar-refractivity contribution in [3.8, 4) is 0 Å². The Morgan fingerprint density at radius 1 is 1.10 bits per heavy atom. The van der Waals surface area contributed by atoms with Gasteiger partial charge in [0, 0.05) is 77.4 Å². The fourth-order valence-corrected chi connectivity index (χ4v) is 11.0. The van der Waals surface area contributed by atoms with Crippen molar-refractivity contribution in [2.45, 2.75) is 109 Å². The van der Waals surface area contributed by atoms with Crippen LogP contribution in [0.1, 0.15) is 79.1 Å². The van der Waals surface area contributed by atoms with Crippen molar-refractivity contribution in [2.75, 3.05) is 19.6 Å². The van der Waals surface area contributed by atoms with Crippen LogP contribution in [0.5, 0.6) is 0 Å². The Kier molecular flexibility index (Phi) is 6.94. The molecule has 1 saturated heterocycles. The normalized spacial score (nSPS) is 40.8. The van der Waals surface area contributed by atoms with E-state index in [9.17, 15) is 4.79 Å². The first-order valence-corrected chi connectivity index (χ1v) is 16.4. The van der Waals surface area contributed by atoms with Crippen LogP contribution in [0.3, 0.4) is 0 Å². The summed E-state index contributed by atoms with van der Waals surface area (Å²) in [6, 6.07) is 1.16. The number of fused-ring (bicyclic) bond motifs is 8. The standard InChI is InChI=1S/C31H45N3O5S/c1-30(2)22-13-18(16-32-17-35)5-7-24(22)33-11-9-26-20(28(30)33)15-21-27(37-26)10-12-34-25-8-6-19(40-39-38-36)14-23(25)31(3,4)29(21)34/h15,17-19,22-27H,5-14,16H2,1-4H3,(H-,32,35,36)/p+1. The summed E-state index contributed by atoms with van der Waals surface area (Å²) in [5.41, 5.74) is 6.06. The van der Waals surface area contributed by atoms with Gasteiger partial charge in [-0.1, -0.05) is 18.9 Å². The van der Waals surface area contributed by atoms with Gasteiger partial charge >= 0.3 is 0 Å². The SMILES string of the molecule is CC1(C)C2=C3C=C4C5=[N+](CCC4OC3CCN2C2CCC(CNC=O)CC21)C1CCC(SOOO)CC1C5(C)C. The summed E-state index contributed by atoms with van der Waals surface area (Å²) < 4.78 is 14.7. The Morgan fingerprint density at radius 3 is 2.75 bits per heavy atom. The largest absolute Gasteiger partial charge is 0.371 e. The Balaban J connectivity index is 1.24. The van der Waals surface area contributed by atoms with Crippen LogP contribution in [0, 0.1) is 28.6 Å². The van der Waals surface area contributed by atoms with Gasteiger partial charge in [-0.05, 0) is 70.3 Å². The van der Waals surface area contributed by atoms with Gasteiger partial charge in [-0.15, -0.1) is 4.33 Å². The van der Waals surface area contributed by atoms with E-state index in [-0.39, 0.29) is 23.0 Å². The topological polar surface area (TPSA) is 83.3 Å². The number of nitrogens with zero attached hydrogens (tertiary/aromatic N) is 2. The Hall–Kier alpha value is -1.39. The fourth-order valence-electron chi connectivity index (χ4n) is 10.4. The highest BCUT2D eigenvalue weighted by molar-refractivity contribution is 7.95. The second-order valence-electron chi connectivity index (χ2n) is 14.5. The first-order valence-electron chi connectivity index (χ1n) is 15.6. The minimum absolute atomic E-state index is 0.0439. The summed E-state index contributed by atoms with van der Waals surface area (Å²) in [6.07, 6.45) is 12.8. The van der Waals surface area contributed by atoms with Crippen LogP contribution in [0.25, 0.3) is 0 Å². The third-order valence-electron chi connectivity index (χ3n) is 12.0. The second-order valence-corrected chi connectivity index (χ2v) is 15.5. The quantitative estimate of drug-likeness (QED) is 0.157. The zero-order chi connectivity index (χ0) is 27.8. The Bertz CT molecular complexity index is 1150. The summed E-state index contributed by atoms with van der Waals surface area (Å²) in [5, 5.41) is 15.9. The molecular formula is C31H46N3O5S+. The maximum absolute atomic E-state index is 11.0. The van der Waals surface area contributed by atoms with Crippen LogP contribution in [-0.2, 0) is 18.9 Å². The van der Waals surface area contributed by atoms with Gasteiger partial charge in [0.1, 0.15) is 6.54 Å². The van der Waals surface area contributed by atoms with Crippen LogP contribution in [0.15, 0.2) is 22.9 Å². The third-order valence-corrected chi connectivity index (χ3v) is 12.8. The highest BCUT2D eigenvalue weighted by Gasteiger charge is 2.61. The van der Waals surface area contributed by atoms with E-state index in [0.29, 0.717) is 35.1 Å². The summed E-state index contributed by atoms with van der Waals surface area (Å²) in [4.78, 5) is 13.7. The lowest BCUT2D eigenvalue weighted by molar-refractivity contribution is -0.571.